The Morgan fingerprint density at radius 2 is 2.30 bits per heavy atom. The van der Waals surface area contributed by atoms with Gasteiger partial charge in [0.05, 0.1) is 5.56 Å². The number of ether oxygens (including phenoxy) is 1. The number of carbonyl (C=O) groups excluding carboxylic acids is 1. The van der Waals surface area contributed by atoms with Crippen LogP contribution < -0.4 is 5.32 Å². The van der Waals surface area contributed by atoms with Crippen LogP contribution in [0.3, 0.4) is 0 Å². The molecule has 0 bridgehead atoms. The average Bonchev–Trinajstić information content (AvgIpc) is 3.12. The number of hydrogen-bond acceptors (Lipinski definition) is 6. The van der Waals surface area contributed by atoms with Crippen molar-refractivity contribution >= 4 is 33.7 Å². The highest BCUT2D eigenvalue weighted by atomic mass is 32.1. The molecule has 106 valence electrons. The molecule has 0 radical (unpaired) electrons. The molecule has 2 aromatic rings. The third kappa shape index (κ3) is 2.61. The molecule has 3 heterocycles. The highest BCUT2D eigenvalue weighted by molar-refractivity contribution is 7.15. The molecule has 0 saturated carbocycles. The summed E-state index contributed by atoms with van der Waals surface area (Å²) in [4.78, 5) is 13.3. The molecule has 1 unspecified atom stereocenters. The Labute approximate surface area is 125 Å². The topological polar surface area (TPSA) is 64.1 Å². The van der Waals surface area contributed by atoms with Gasteiger partial charge in [0.2, 0.25) is 5.13 Å². The molecule has 1 N–H and O–H groups in total. The lowest BCUT2D eigenvalue weighted by Gasteiger charge is -2.02. The summed E-state index contributed by atoms with van der Waals surface area (Å²) in [6.07, 6.45) is 2.08. The molecule has 2 aromatic heterocycles. The summed E-state index contributed by atoms with van der Waals surface area (Å²) < 4.78 is 5.56. The molecule has 3 rings (SSSR count). The molecule has 0 aliphatic carbocycles. The van der Waals surface area contributed by atoms with Crippen LogP contribution in [0.15, 0.2) is 5.38 Å². The molecule has 0 aromatic carbocycles. The Morgan fingerprint density at radius 1 is 1.45 bits per heavy atom. The van der Waals surface area contributed by atoms with E-state index in [1.165, 1.54) is 11.3 Å². The lowest BCUT2D eigenvalue weighted by Crippen LogP contribution is -2.12. The molecule has 0 spiro atoms. The number of anilines is 1. The Kier molecular flexibility index (Phi) is 3.82. The van der Waals surface area contributed by atoms with Crippen molar-refractivity contribution in [1.82, 2.24) is 10.2 Å². The van der Waals surface area contributed by atoms with E-state index in [0.717, 1.165) is 34.9 Å². The molecule has 1 fully saturated rings. The molecule has 1 atom stereocenters. The number of thiophene rings is 1. The zero-order valence-corrected chi connectivity index (χ0v) is 12.9. The van der Waals surface area contributed by atoms with Crippen molar-refractivity contribution in [1.29, 1.82) is 0 Å². The Morgan fingerprint density at radius 3 is 2.95 bits per heavy atom. The number of rotatable bonds is 3. The quantitative estimate of drug-likeness (QED) is 0.944. The van der Waals surface area contributed by atoms with E-state index in [-0.39, 0.29) is 12.0 Å². The summed E-state index contributed by atoms with van der Waals surface area (Å²) in [5.41, 5.74) is 1.73. The van der Waals surface area contributed by atoms with Crippen molar-refractivity contribution in [2.75, 3.05) is 11.9 Å². The molecule has 1 saturated heterocycles. The number of aromatic nitrogens is 2. The first-order valence-corrected chi connectivity index (χ1v) is 8.16. The largest absolute Gasteiger partial charge is 0.371 e. The van der Waals surface area contributed by atoms with E-state index in [2.05, 4.69) is 15.5 Å². The van der Waals surface area contributed by atoms with E-state index in [1.807, 2.05) is 19.2 Å². The SMILES string of the molecule is Cc1scc(C(=O)Nc2nnc(C3CCCO3)s2)c1C. The number of aryl methyl sites for hydroxylation is 1. The van der Waals surface area contributed by atoms with Gasteiger partial charge in [-0.2, -0.15) is 0 Å². The molecule has 1 amide bonds. The van der Waals surface area contributed by atoms with Crippen LogP contribution in [0.25, 0.3) is 0 Å². The van der Waals surface area contributed by atoms with Crippen LogP contribution in [-0.4, -0.2) is 22.7 Å². The smallest absolute Gasteiger partial charge is 0.258 e. The lowest BCUT2D eigenvalue weighted by atomic mass is 10.2. The summed E-state index contributed by atoms with van der Waals surface area (Å²) >= 11 is 2.97. The Bertz CT molecular complexity index is 629. The summed E-state index contributed by atoms with van der Waals surface area (Å²) in [5, 5.41) is 14.2. The normalized spacial score (nSPS) is 18.4. The van der Waals surface area contributed by atoms with Crippen molar-refractivity contribution in [3.8, 4) is 0 Å². The summed E-state index contributed by atoms with van der Waals surface area (Å²) in [6, 6.07) is 0. The second-order valence-electron chi connectivity index (χ2n) is 4.73. The van der Waals surface area contributed by atoms with Gasteiger partial charge in [-0.15, -0.1) is 21.5 Å². The highest BCUT2D eigenvalue weighted by Crippen LogP contribution is 2.32. The number of amides is 1. The zero-order valence-electron chi connectivity index (χ0n) is 11.3. The van der Waals surface area contributed by atoms with Gasteiger partial charge < -0.3 is 4.74 Å². The number of nitrogens with one attached hydrogen (secondary N) is 1. The monoisotopic (exact) mass is 309 g/mol. The van der Waals surface area contributed by atoms with Gasteiger partial charge in [-0.25, -0.2) is 0 Å². The second kappa shape index (κ2) is 5.59. The minimum absolute atomic E-state index is 0.0447. The standard InChI is InChI=1S/C13H15N3O2S2/c1-7-8(2)19-6-9(7)11(17)14-13-16-15-12(20-13)10-4-3-5-18-10/h6,10H,3-5H2,1-2H3,(H,14,16,17). The van der Waals surface area contributed by atoms with Gasteiger partial charge in [-0.05, 0) is 32.3 Å². The van der Waals surface area contributed by atoms with Gasteiger partial charge >= 0.3 is 0 Å². The predicted octanol–water partition coefficient (Wildman–Crippen LogP) is 3.32. The zero-order chi connectivity index (χ0) is 14.1. The fourth-order valence-corrected chi connectivity index (χ4v) is 3.78. The third-order valence-electron chi connectivity index (χ3n) is 3.40. The maximum atomic E-state index is 12.2. The Balaban J connectivity index is 1.71. The predicted molar refractivity (Wildman–Crippen MR) is 79.6 cm³/mol. The van der Waals surface area contributed by atoms with Crippen molar-refractivity contribution in [2.45, 2.75) is 32.8 Å². The maximum Gasteiger partial charge on any atom is 0.258 e. The molecule has 20 heavy (non-hydrogen) atoms. The molecule has 1 aliphatic rings. The van der Waals surface area contributed by atoms with Crippen LogP contribution in [0.2, 0.25) is 0 Å². The summed E-state index contributed by atoms with van der Waals surface area (Å²) in [5.74, 6) is -0.123. The fourth-order valence-electron chi connectivity index (χ4n) is 2.09. The minimum Gasteiger partial charge on any atom is -0.371 e. The lowest BCUT2D eigenvalue weighted by molar-refractivity contribution is 0.102. The average molecular weight is 309 g/mol. The van der Waals surface area contributed by atoms with E-state index in [1.54, 1.807) is 11.3 Å². The molecule has 1 aliphatic heterocycles. The number of hydrogen-bond donors (Lipinski definition) is 1. The van der Waals surface area contributed by atoms with E-state index < -0.39 is 0 Å². The fraction of sp³-hybridized carbons (Fsp3) is 0.462. The Hall–Kier alpha value is -1.31. The molecular formula is C13H15N3O2S2. The van der Waals surface area contributed by atoms with Crippen LogP contribution in [0.5, 0.6) is 0 Å². The van der Waals surface area contributed by atoms with Crippen LogP contribution in [0.1, 0.15) is 44.8 Å². The van der Waals surface area contributed by atoms with Crippen molar-refractivity contribution in [3.05, 3.63) is 26.4 Å². The van der Waals surface area contributed by atoms with Gasteiger partial charge in [0.15, 0.2) is 0 Å². The first kappa shape index (κ1) is 13.7. The van der Waals surface area contributed by atoms with Crippen LogP contribution in [0.4, 0.5) is 5.13 Å². The van der Waals surface area contributed by atoms with Crippen LogP contribution in [0, 0.1) is 13.8 Å². The summed E-state index contributed by atoms with van der Waals surface area (Å²) in [7, 11) is 0. The van der Waals surface area contributed by atoms with Crippen LogP contribution >= 0.6 is 22.7 Å². The third-order valence-corrected chi connectivity index (χ3v) is 5.34. The molecular weight excluding hydrogens is 294 g/mol. The van der Waals surface area contributed by atoms with E-state index in [9.17, 15) is 4.79 Å². The number of nitrogens with zero attached hydrogens (tertiary/aromatic N) is 2. The van der Waals surface area contributed by atoms with E-state index >= 15 is 0 Å². The second-order valence-corrected chi connectivity index (χ2v) is 6.82. The first-order valence-electron chi connectivity index (χ1n) is 6.46. The number of carbonyl (C=O) groups is 1. The van der Waals surface area contributed by atoms with E-state index in [0.29, 0.717) is 10.7 Å². The van der Waals surface area contributed by atoms with Crippen molar-refractivity contribution < 1.29 is 9.53 Å². The van der Waals surface area contributed by atoms with Crippen molar-refractivity contribution in [3.63, 3.8) is 0 Å². The first-order chi connectivity index (χ1) is 9.65. The van der Waals surface area contributed by atoms with Gasteiger partial charge in [0.25, 0.3) is 5.91 Å². The van der Waals surface area contributed by atoms with Gasteiger partial charge in [0.1, 0.15) is 11.1 Å². The minimum atomic E-state index is -0.123. The van der Waals surface area contributed by atoms with E-state index in [4.69, 9.17) is 4.74 Å². The van der Waals surface area contributed by atoms with Gasteiger partial charge in [-0.3, -0.25) is 10.1 Å². The van der Waals surface area contributed by atoms with Gasteiger partial charge in [0, 0.05) is 16.9 Å². The highest BCUT2D eigenvalue weighted by Gasteiger charge is 2.22. The van der Waals surface area contributed by atoms with Crippen molar-refractivity contribution in [2.24, 2.45) is 0 Å². The van der Waals surface area contributed by atoms with Gasteiger partial charge in [-0.1, -0.05) is 11.3 Å². The summed E-state index contributed by atoms with van der Waals surface area (Å²) in [6.45, 7) is 4.75. The maximum absolute atomic E-state index is 12.2. The molecule has 5 nitrogen and oxygen atoms in total. The molecule has 7 heteroatoms. The van der Waals surface area contributed by atoms with Crippen LogP contribution in [-0.2, 0) is 4.74 Å².